The number of nitrogens with zero attached hydrogens (tertiary/aromatic N) is 2. The summed E-state index contributed by atoms with van der Waals surface area (Å²) in [5, 5.41) is 8.65. The first kappa shape index (κ1) is 17.3. The lowest BCUT2D eigenvalue weighted by Gasteiger charge is -2.08. The van der Waals surface area contributed by atoms with Gasteiger partial charge < -0.3 is 9.84 Å². The van der Waals surface area contributed by atoms with Gasteiger partial charge in [0.1, 0.15) is 0 Å². The highest BCUT2D eigenvalue weighted by molar-refractivity contribution is 6.09. The van der Waals surface area contributed by atoms with E-state index >= 15 is 0 Å². The Morgan fingerprint density at radius 1 is 1.19 bits per heavy atom. The number of hydrogen-bond donors (Lipinski definition) is 1. The van der Waals surface area contributed by atoms with E-state index in [2.05, 4.69) is 4.98 Å². The van der Waals surface area contributed by atoms with Gasteiger partial charge in [-0.15, -0.1) is 0 Å². The third-order valence-corrected chi connectivity index (χ3v) is 3.79. The number of aliphatic carboxylic acids is 1. The number of imide groups is 1. The minimum atomic E-state index is -0.980. The number of carboxylic acid groups (broad SMARTS) is 1. The zero-order valence-electron chi connectivity index (χ0n) is 13.8. The van der Waals surface area contributed by atoms with Crippen LogP contribution < -0.4 is 0 Å². The first-order chi connectivity index (χ1) is 12.5. The summed E-state index contributed by atoms with van der Waals surface area (Å²) in [6.07, 6.45) is 2.45. The van der Waals surface area contributed by atoms with Crippen molar-refractivity contribution in [1.82, 2.24) is 9.88 Å². The second-order valence-electron chi connectivity index (χ2n) is 5.67. The molecule has 7 nitrogen and oxygen atoms in total. The van der Waals surface area contributed by atoms with Gasteiger partial charge in [-0.1, -0.05) is 24.3 Å². The topological polar surface area (TPSA) is 96.8 Å². The van der Waals surface area contributed by atoms with Gasteiger partial charge in [0.25, 0.3) is 5.91 Å². The average Bonchev–Trinajstić information content (AvgIpc) is 2.90. The third-order valence-electron chi connectivity index (χ3n) is 3.79. The molecular weight excluding hydrogens is 336 g/mol. The molecule has 0 atom stereocenters. The maximum Gasteiger partial charge on any atom is 0.422 e. The molecule has 2 heterocycles. The van der Waals surface area contributed by atoms with Crippen molar-refractivity contribution >= 4 is 24.0 Å². The Labute approximate surface area is 149 Å². The highest BCUT2D eigenvalue weighted by Gasteiger charge is 2.36. The molecule has 26 heavy (non-hydrogen) atoms. The standard InChI is InChI=1S/C19H16N2O5/c22-17(23)8-4-10-21-18(24)16(26-19(21)25)12-13-5-3-6-14(11-13)15-7-1-2-9-20-15/h1-3,5-7,9,11-12H,4,8,10H2,(H,22,23). The van der Waals surface area contributed by atoms with E-state index in [0.29, 0.717) is 5.56 Å². The molecule has 1 fully saturated rings. The van der Waals surface area contributed by atoms with Gasteiger partial charge in [0.2, 0.25) is 0 Å². The quantitative estimate of drug-likeness (QED) is 0.803. The Bertz CT molecular complexity index is 877. The van der Waals surface area contributed by atoms with E-state index in [9.17, 15) is 14.4 Å². The minimum Gasteiger partial charge on any atom is -0.481 e. The molecule has 1 saturated heterocycles. The van der Waals surface area contributed by atoms with Crippen molar-refractivity contribution in [1.29, 1.82) is 0 Å². The van der Waals surface area contributed by atoms with Crippen molar-refractivity contribution in [3.63, 3.8) is 0 Å². The van der Waals surface area contributed by atoms with Crippen LogP contribution in [0, 0.1) is 0 Å². The molecule has 0 radical (unpaired) electrons. The highest BCUT2D eigenvalue weighted by Crippen LogP contribution is 2.23. The zero-order valence-corrected chi connectivity index (χ0v) is 13.8. The number of cyclic esters (lactones) is 1. The molecule has 2 amide bonds. The molecular formula is C19H16N2O5. The predicted octanol–water partition coefficient (Wildman–Crippen LogP) is 2.93. The van der Waals surface area contributed by atoms with Crippen LogP contribution in [0.3, 0.4) is 0 Å². The van der Waals surface area contributed by atoms with Crippen LogP contribution in [-0.4, -0.2) is 39.5 Å². The first-order valence-electron chi connectivity index (χ1n) is 8.03. The Hall–Kier alpha value is -3.48. The molecule has 1 aromatic heterocycles. The lowest BCUT2D eigenvalue weighted by atomic mass is 10.1. The van der Waals surface area contributed by atoms with Crippen molar-refractivity contribution in [2.24, 2.45) is 0 Å². The second kappa shape index (κ2) is 7.60. The van der Waals surface area contributed by atoms with Crippen molar-refractivity contribution < 1.29 is 24.2 Å². The Morgan fingerprint density at radius 3 is 2.77 bits per heavy atom. The Balaban J connectivity index is 1.77. The normalized spacial score (nSPS) is 15.4. The summed E-state index contributed by atoms with van der Waals surface area (Å²) < 4.78 is 5.03. The molecule has 132 valence electrons. The second-order valence-corrected chi connectivity index (χ2v) is 5.67. The number of carboxylic acids is 1. The molecule has 0 aliphatic carbocycles. The SMILES string of the molecule is O=C(O)CCCN1C(=O)OC(=Cc2cccc(-c3ccccn3)c2)C1=O. The maximum absolute atomic E-state index is 12.3. The van der Waals surface area contributed by atoms with Gasteiger partial charge in [0, 0.05) is 24.7 Å². The van der Waals surface area contributed by atoms with Gasteiger partial charge in [0.05, 0.1) is 5.69 Å². The van der Waals surface area contributed by atoms with E-state index < -0.39 is 18.0 Å². The van der Waals surface area contributed by atoms with Crippen LogP contribution in [0.15, 0.2) is 54.4 Å². The van der Waals surface area contributed by atoms with Crippen LogP contribution in [0.1, 0.15) is 18.4 Å². The van der Waals surface area contributed by atoms with Crippen molar-refractivity contribution in [2.45, 2.75) is 12.8 Å². The number of pyridine rings is 1. The van der Waals surface area contributed by atoms with E-state index in [1.807, 2.05) is 36.4 Å². The highest BCUT2D eigenvalue weighted by atomic mass is 16.6. The van der Waals surface area contributed by atoms with E-state index in [1.54, 1.807) is 12.3 Å². The van der Waals surface area contributed by atoms with Gasteiger partial charge in [-0.3, -0.25) is 14.6 Å². The lowest BCUT2D eigenvalue weighted by Crippen LogP contribution is -2.30. The fourth-order valence-electron chi connectivity index (χ4n) is 2.55. The van der Waals surface area contributed by atoms with E-state index in [4.69, 9.17) is 9.84 Å². The van der Waals surface area contributed by atoms with E-state index in [-0.39, 0.29) is 25.1 Å². The Morgan fingerprint density at radius 2 is 2.04 bits per heavy atom. The van der Waals surface area contributed by atoms with Crippen LogP contribution >= 0.6 is 0 Å². The molecule has 0 saturated carbocycles. The predicted molar refractivity (Wildman–Crippen MR) is 92.7 cm³/mol. The molecule has 1 aliphatic rings. The number of hydrogen-bond acceptors (Lipinski definition) is 5. The van der Waals surface area contributed by atoms with Crippen LogP contribution in [0.25, 0.3) is 17.3 Å². The summed E-state index contributed by atoms with van der Waals surface area (Å²) in [5.41, 5.74) is 2.35. The molecule has 2 aromatic rings. The maximum atomic E-state index is 12.3. The Kier molecular flexibility index (Phi) is 5.07. The number of aromatic nitrogens is 1. The number of amides is 2. The largest absolute Gasteiger partial charge is 0.481 e. The number of carbonyl (C=O) groups excluding carboxylic acids is 2. The van der Waals surface area contributed by atoms with E-state index in [1.165, 1.54) is 6.08 Å². The lowest BCUT2D eigenvalue weighted by molar-refractivity contribution is -0.137. The molecule has 1 aromatic carbocycles. The summed E-state index contributed by atoms with van der Waals surface area (Å²) in [6, 6.07) is 12.9. The smallest absolute Gasteiger partial charge is 0.422 e. The van der Waals surface area contributed by atoms with Crippen LogP contribution in [0.2, 0.25) is 0 Å². The average molecular weight is 352 g/mol. The van der Waals surface area contributed by atoms with Gasteiger partial charge >= 0.3 is 12.1 Å². The minimum absolute atomic E-state index is 0.00921. The molecule has 3 rings (SSSR count). The van der Waals surface area contributed by atoms with E-state index in [0.717, 1.165) is 16.2 Å². The monoisotopic (exact) mass is 352 g/mol. The molecule has 0 bridgehead atoms. The van der Waals surface area contributed by atoms with Gasteiger partial charge in [-0.2, -0.15) is 0 Å². The van der Waals surface area contributed by atoms with Crippen LogP contribution in [0.4, 0.5) is 4.79 Å². The number of carbonyl (C=O) groups is 3. The van der Waals surface area contributed by atoms with Crippen molar-refractivity contribution in [3.8, 4) is 11.3 Å². The van der Waals surface area contributed by atoms with Gasteiger partial charge in [-0.05, 0) is 36.3 Å². The molecule has 7 heteroatoms. The summed E-state index contributed by atoms with van der Waals surface area (Å²) in [5.74, 6) is -1.63. The van der Waals surface area contributed by atoms with Crippen molar-refractivity contribution in [2.75, 3.05) is 6.54 Å². The number of ether oxygens (including phenoxy) is 1. The number of rotatable bonds is 6. The molecule has 1 aliphatic heterocycles. The summed E-state index contributed by atoms with van der Waals surface area (Å²) in [4.78, 5) is 39.9. The zero-order chi connectivity index (χ0) is 18.5. The van der Waals surface area contributed by atoms with Crippen LogP contribution in [-0.2, 0) is 14.3 Å². The number of benzene rings is 1. The molecule has 1 N–H and O–H groups in total. The van der Waals surface area contributed by atoms with Crippen molar-refractivity contribution in [3.05, 3.63) is 60.0 Å². The third kappa shape index (κ3) is 3.94. The first-order valence-corrected chi connectivity index (χ1v) is 8.03. The van der Waals surface area contributed by atoms with Gasteiger partial charge in [-0.25, -0.2) is 9.69 Å². The summed E-state index contributed by atoms with van der Waals surface area (Å²) in [6.45, 7) is 0.00921. The summed E-state index contributed by atoms with van der Waals surface area (Å²) >= 11 is 0. The fraction of sp³-hybridized carbons (Fsp3) is 0.158. The summed E-state index contributed by atoms with van der Waals surface area (Å²) in [7, 11) is 0. The van der Waals surface area contributed by atoms with Gasteiger partial charge in [0.15, 0.2) is 5.76 Å². The fourth-order valence-corrected chi connectivity index (χ4v) is 2.55. The van der Waals surface area contributed by atoms with Crippen LogP contribution in [0.5, 0.6) is 0 Å². The molecule has 0 unspecified atom stereocenters. The molecule has 0 spiro atoms.